The Labute approximate surface area is 124 Å². The molecule has 21 heavy (non-hydrogen) atoms. The van der Waals surface area contributed by atoms with Crippen LogP contribution < -0.4 is 0 Å². The minimum absolute atomic E-state index is 1.28. The number of aryl methyl sites for hydroxylation is 2. The molecule has 1 heteroatoms. The van der Waals surface area contributed by atoms with Crippen LogP contribution in [-0.4, -0.2) is 4.57 Å². The summed E-state index contributed by atoms with van der Waals surface area (Å²) in [6.45, 7) is 2.20. The fourth-order valence-electron chi connectivity index (χ4n) is 3.24. The van der Waals surface area contributed by atoms with Crippen LogP contribution in [0, 0.1) is 6.92 Å². The summed E-state index contributed by atoms with van der Waals surface area (Å²) in [6, 6.07) is 23.9. The predicted molar refractivity (Wildman–Crippen MR) is 90.6 cm³/mol. The van der Waals surface area contributed by atoms with Gasteiger partial charge < -0.3 is 4.57 Å². The minimum Gasteiger partial charge on any atom is -0.344 e. The van der Waals surface area contributed by atoms with Gasteiger partial charge in [-0.2, -0.15) is 0 Å². The molecule has 0 N–H and O–H groups in total. The fraction of sp³-hybridized carbons (Fsp3) is 0.100. The molecule has 0 saturated carbocycles. The maximum atomic E-state index is 2.32. The normalized spacial score (nSPS) is 11.3. The molecule has 0 radical (unpaired) electrons. The molecule has 4 aromatic rings. The summed E-state index contributed by atoms with van der Waals surface area (Å²) in [5.41, 5.74) is 6.50. The van der Waals surface area contributed by atoms with Crippen LogP contribution in [0.3, 0.4) is 0 Å². The number of fused-ring (bicyclic) bond motifs is 3. The first-order valence-electron chi connectivity index (χ1n) is 7.29. The van der Waals surface area contributed by atoms with Crippen LogP contribution in [-0.2, 0) is 7.05 Å². The van der Waals surface area contributed by atoms with Gasteiger partial charge in [0.15, 0.2) is 0 Å². The van der Waals surface area contributed by atoms with Crippen molar-refractivity contribution >= 4 is 21.8 Å². The number of hydrogen-bond acceptors (Lipinski definition) is 0. The molecular formula is C20H17N. The predicted octanol–water partition coefficient (Wildman–Crippen LogP) is 5.31. The summed E-state index contributed by atoms with van der Waals surface area (Å²) in [6.07, 6.45) is 0. The molecule has 4 rings (SSSR count). The maximum Gasteiger partial charge on any atom is 0.0495 e. The molecule has 102 valence electrons. The second-order valence-corrected chi connectivity index (χ2v) is 5.63. The lowest BCUT2D eigenvalue weighted by molar-refractivity contribution is 1.01. The van der Waals surface area contributed by atoms with Crippen molar-refractivity contribution in [3.63, 3.8) is 0 Å². The summed E-state index contributed by atoms with van der Waals surface area (Å²) in [4.78, 5) is 0. The Hall–Kier alpha value is -2.54. The molecule has 3 aromatic carbocycles. The Balaban J connectivity index is 2.11. The second kappa shape index (κ2) is 4.49. The minimum atomic E-state index is 1.28. The van der Waals surface area contributed by atoms with Crippen molar-refractivity contribution < 1.29 is 0 Å². The quantitative estimate of drug-likeness (QED) is 0.442. The van der Waals surface area contributed by atoms with Crippen molar-refractivity contribution in [3.8, 4) is 11.1 Å². The Morgan fingerprint density at radius 1 is 0.714 bits per heavy atom. The molecule has 0 aliphatic heterocycles. The van der Waals surface area contributed by atoms with Gasteiger partial charge in [0.2, 0.25) is 0 Å². The molecule has 0 atom stereocenters. The van der Waals surface area contributed by atoms with E-state index in [0.717, 1.165) is 0 Å². The van der Waals surface area contributed by atoms with Gasteiger partial charge in [0, 0.05) is 28.9 Å². The highest BCUT2D eigenvalue weighted by Gasteiger charge is 2.11. The topological polar surface area (TPSA) is 4.93 Å². The number of para-hydroxylation sites is 1. The molecule has 1 nitrogen and oxygen atoms in total. The van der Waals surface area contributed by atoms with E-state index in [9.17, 15) is 0 Å². The van der Waals surface area contributed by atoms with Crippen LogP contribution in [0.1, 0.15) is 5.56 Å². The Morgan fingerprint density at radius 3 is 2.24 bits per heavy atom. The first kappa shape index (κ1) is 12.2. The number of benzene rings is 3. The maximum absolute atomic E-state index is 2.32. The molecule has 0 spiro atoms. The standard InChI is InChI=1S/C20H17N/c1-14-12-18-16-10-6-7-11-19(16)21(2)20(18)13-17(14)15-8-4-3-5-9-15/h3-13H,1-2H3. The molecule has 1 aromatic heterocycles. The van der Waals surface area contributed by atoms with Gasteiger partial charge in [0.1, 0.15) is 0 Å². The largest absolute Gasteiger partial charge is 0.344 e. The van der Waals surface area contributed by atoms with E-state index in [2.05, 4.69) is 85.3 Å². The van der Waals surface area contributed by atoms with E-state index >= 15 is 0 Å². The highest BCUT2D eigenvalue weighted by molar-refractivity contribution is 6.09. The van der Waals surface area contributed by atoms with Gasteiger partial charge in [0.25, 0.3) is 0 Å². The van der Waals surface area contributed by atoms with Crippen LogP contribution in [0.5, 0.6) is 0 Å². The van der Waals surface area contributed by atoms with E-state index in [0.29, 0.717) is 0 Å². The summed E-state index contributed by atoms with van der Waals surface area (Å²) in [7, 11) is 2.15. The molecule has 0 unspecified atom stereocenters. The van der Waals surface area contributed by atoms with E-state index in [1.807, 2.05) is 0 Å². The SMILES string of the molecule is Cc1cc2c3ccccc3n(C)c2cc1-c1ccccc1. The Morgan fingerprint density at radius 2 is 1.43 bits per heavy atom. The lowest BCUT2D eigenvalue weighted by Gasteiger charge is -2.08. The van der Waals surface area contributed by atoms with Crippen molar-refractivity contribution in [2.75, 3.05) is 0 Å². The highest BCUT2D eigenvalue weighted by atomic mass is 14.9. The van der Waals surface area contributed by atoms with Crippen LogP contribution in [0.2, 0.25) is 0 Å². The Kier molecular flexibility index (Phi) is 2.61. The molecular weight excluding hydrogens is 254 g/mol. The van der Waals surface area contributed by atoms with Crippen LogP contribution >= 0.6 is 0 Å². The zero-order valence-corrected chi connectivity index (χ0v) is 12.3. The van der Waals surface area contributed by atoms with Crippen LogP contribution in [0.4, 0.5) is 0 Å². The van der Waals surface area contributed by atoms with Gasteiger partial charge in [-0.1, -0.05) is 48.5 Å². The molecule has 0 aliphatic rings. The fourth-order valence-corrected chi connectivity index (χ4v) is 3.24. The van der Waals surface area contributed by atoms with E-state index in [-0.39, 0.29) is 0 Å². The smallest absolute Gasteiger partial charge is 0.0495 e. The molecule has 0 aliphatic carbocycles. The van der Waals surface area contributed by atoms with Crippen molar-refractivity contribution in [2.24, 2.45) is 7.05 Å². The summed E-state index contributed by atoms with van der Waals surface area (Å²) < 4.78 is 2.29. The lowest BCUT2D eigenvalue weighted by Crippen LogP contribution is -1.89. The van der Waals surface area contributed by atoms with Gasteiger partial charge in [-0.15, -0.1) is 0 Å². The monoisotopic (exact) mass is 271 g/mol. The van der Waals surface area contributed by atoms with E-state index < -0.39 is 0 Å². The molecule has 0 bridgehead atoms. The van der Waals surface area contributed by atoms with Gasteiger partial charge >= 0.3 is 0 Å². The van der Waals surface area contributed by atoms with Gasteiger partial charge in [-0.25, -0.2) is 0 Å². The average Bonchev–Trinajstić information content (AvgIpc) is 2.80. The third-order valence-electron chi connectivity index (χ3n) is 4.34. The molecule has 0 amide bonds. The number of nitrogens with zero attached hydrogens (tertiary/aromatic N) is 1. The first-order valence-corrected chi connectivity index (χ1v) is 7.29. The second-order valence-electron chi connectivity index (χ2n) is 5.63. The molecule has 0 saturated heterocycles. The summed E-state index contributed by atoms with van der Waals surface area (Å²) in [5.74, 6) is 0. The van der Waals surface area contributed by atoms with Crippen molar-refractivity contribution in [1.82, 2.24) is 4.57 Å². The third kappa shape index (κ3) is 1.78. The average molecular weight is 271 g/mol. The zero-order chi connectivity index (χ0) is 14.4. The van der Waals surface area contributed by atoms with Crippen LogP contribution in [0.15, 0.2) is 66.7 Å². The van der Waals surface area contributed by atoms with Crippen molar-refractivity contribution in [3.05, 3.63) is 72.3 Å². The number of aromatic nitrogens is 1. The number of rotatable bonds is 1. The summed E-state index contributed by atoms with van der Waals surface area (Å²) in [5, 5.41) is 2.67. The highest BCUT2D eigenvalue weighted by Crippen LogP contribution is 2.33. The van der Waals surface area contributed by atoms with Crippen molar-refractivity contribution in [1.29, 1.82) is 0 Å². The van der Waals surface area contributed by atoms with Crippen LogP contribution in [0.25, 0.3) is 32.9 Å². The lowest BCUT2D eigenvalue weighted by atomic mass is 9.98. The number of hydrogen-bond donors (Lipinski definition) is 0. The van der Waals surface area contributed by atoms with Gasteiger partial charge in [0.05, 0.1) is 0 Å². The van der Waals surface area contributed by atoms with Gasteiger partial charge in [-0.3, -0.25) is 0 Å². The van der Waals surface area contributed by atoms with E-state index in [4.69, 9.17) is 0 Å². The van der Waals surface area contributed by atoms with E-state index in [1.54, 1.807) is 0 Å². The third-order valence-corrected chi connectivity index (χ3v) is 4.34. The zero-order valence-electron chi connectivity index (χ0n) is 12.3. The van der Waals surface area contributed by atoms with Gasteiger partial charge in [-0.05, 0) is 41.8 Å². The first-order chi connectivity index (χ1) is 10.3. The Bertz CT molecular complexity index is 946. The molecule has 1 heterocycles. The summed E-state index contributed by atoms with van der Waals surface area (Å²) >= 11 is 0. The van der Waals surface area contributed by atoms with E-state index in [1.165, 1.54) is 38.5 Å². The molecule has 0 fully saturated rings. The van der Waals surface area contributed by atoms with Crippen molar-refractivity contribution in [2.45, 2.75) is 6.92 Å².